The predicted molar refractivity (Wildman–Crippen MR) is 41.8 cm³/mol. The molecule has 0 saturated heterocycles. The van der Waals surface area contributed by atoms with Crippen molar-refractivity contribution in [3.8, 4) is 0 Å². The Hall–Kier alpha value is -0.330. The van der Waals surface area contributed by atoms with Gasteiger partial charge in [0.05, 0.1) is 0 Å². The molecular weight excluding hydrogens is 124 g/mol. The molecule has 58 valence electrons. The van der Waals surface area contributed by atoms with E-state index in [2.05, 4.69) is 6.92 Å². The van der Waals surface area contributed by atoms with Gasteiger partial charge in [-0.3, -0.25) is 4.79 Å². The zero-order valence-corrected chi connectivity index (χ0v) is 6.89. The topological polar surface area (TPSA) is 17.1 Å². The van der Waals surface area contributed by atoms with Crippen molar-refractivity contribution in [3.63, 3.8) is 0 Å². The van der Waals surface area contributed by atoms with Crippen LogP contribution in [-0.4, -0.2) is 5.78 Å². The Kier molecular flexibility index (Phi) is 2.47. The summed E-state index contributed by atoms with van der Waals surface area (Å²) < 4.78 is 0. The van der Waals surface area contributed by atoms with Gasteiger partial charge < -0.3 is 0 Å². The Morgan fingerprint density at radius 2 is 1.90 bits per heavy atom. The summed E-state index contributed by atoms with van der Waals surface area (Å²) in [5.41, 5.74) is 0. The van der Waals surface area contributed by atoms with Crippen LogP contribution in [0.2, 0.25) is 0 Å². The highest BCUT2D eigenvalue weighted by Crippen LogP contribution is 2.29. The zero-order valence-electron chi connectivity index (χ0n) is 6.89. The van der Waals surface area contributed by atoms with E-state index in [0.29, 0.717) is 17.6 Å². The molecular formula is C9H16O. The molecule has 1 unspecified atom stereocenters. The van der Waals surface area contributed by atoms with E-state index >= 15 is 0 Å². The Balaban J connectivity index is 2.47. The maximum atomic E-state index is 11.0. The summed E-state index contributed by atoms with van der Waals surface area (Å²) in [7, 11) is 0. The van der Waals surface area contributed by atoms with E-state index in [1.807, 2.05) is 0 Å². The third kappa shape index (κ3) is 1.59. The molecule has 0 spiro atoms. The molecule has 0 radical (unpaired) electrons. The minimum absolute atomic E-state index is 0.383. The van der Waals surface area contributed by atoms with Crippen LogP contribution < -0.4 is 0 Å². The average Bonchev–Trinajstić information content (AvgIpc) is 1.88. The largest absolute Gasteiger partial charge is 0.300 e. The number of hydrogen-bond donors (Lipinski definition) is 0. The summed E-state index contributed by atoms with van der Waals surface area (Å²) >= 11 is 0. The van der Waals surface area contributed by atoms with Crippen molar-refractivity contribution >= 4 is 5.78 Å². The van der Waals surface area contributed by atoms with E-state index in [9.17, 15) is 4.79 Å². The van der Waals surface area contributed by atoms with Crippen LogP contribution in [0.3, 0.4) is 0 Å². The first kappa shape index (κ1) is 7.77. The van der Waals surface area contributed by atoms with Gasteiger partial charge in [0.1, 0.15) is 5.78 Å². The van der Waals surface area contributed by atoms with Crippen molar-refractivity contribution in [1.29, 1.82) is 0 Å². The molecule has 1 saturated carbocycles. The number of rotatable bonds is 1. The van der Waals surface area contributed by atoms with Crippen molar-refractivity contribution in [2.24, 2.45) is 11.8 Å². The van der Waals surface area contributed by atoms with Gasteiger partial charge in [-0.1, -0.05) is 26.2 Å². The van der Waals surface area contributed by atoms with Gasteiger partial charge in [0.25, 0.3) is 0 Å². The summed E-state index contributed by atoms with van der Waals surface area (Å²) in [4.78, 5) is 11.0. The van der Waals surface area contributed by atoms with Crippen LogP contribution in [0, 0.1) is 11.8 Å². The third-order valence-electron chi connectivity index (χ3n) is 2.63. The fraction of sp³-hybridized carbons (Fsp3) is 0.889. The van der Waals surface area contributed by atoms with Crippen LogP contribution in [0.5, 0.6) is 0 Å². The third-order valence-corrected chi connectivity index (χ3v) is 2.63. The summed E-state index contributed by atoms with van der Waals surface area (Å²) in [5, 5.41) is 0. The molecule has 0 amide bonds. The van der Waals surface area contributed by atoms with Gasteiger partial charge in [-0.2, -0.15) is 0 Å². The monoisotopic (exact) mass is 140 g/mol. The Morgan fingerprint density at radius 1 is 1.30 bits per heavy atom. The summed E-state index contributed by atoms with van der Waals surface area (Å²) in [5.74, 6) is 1.42. The minimum atomic E-state index is 0.383. The number of Topliss-reactive ketones (excluding diaryl/α,β-unsaturated/α-hetero) is 1. The van der Waals surface area contributed by atoms with Gasteiger partial charge in [0.15, 0.2) is 0 Å². The fourth-order valence-electron chi connectivity index (χ4n) is 1.92. The van der Waals surface area contributed by atoms with Gasteiger partial charge >= 0.3 is 0 Å². The molecule has 0 heterocycles. The van der Waals surface area contributed by atoms with Crippen LogP contribution in [0.25, 0.3) is 0 Å². The molecule has 1 aliphatic rings. The van der Waals surface area contributed by atoms with E-state index in [-0.39, 0.29) is 0 Å². The van der Waals surface area contributed by atoms with Crippen LogP contribution in [0.15, 0.2) is 0 Å². The lowest BCUT2D eigenvalue weighted by molar-refractivity contribution is -0.123. The molecule has 1 heteroatoms. The molecule has 1 nitrogen and oxygen atoms in total. The molecule has 1 fully saturated rings. The first-order valence-corrected chi connectivity index (χ1v) is 4.22. The van der Waals surface area contributed by atoms with Crippen molar-refractivity contribution in [2.45, 2.75) is 39.5 Å². The number of carbonyl (C=O) groups excluding carboxylic acids is 1. The number of carbonyl (C=O) groups is 1. The highest BCUT2D eigenvalue weighted by Gasteiger charge is 2.24. The smallest absolute Gasteiger partial charge is 0.133 e. The normalized spacial score (nSPS) is 33.8. The fourth-order valence-corrected chi connectivity index (χ4v) is 1.92. The second kappa shape index (κ2) is 3.18. The Bertz CT molecular complexity index is 129. The molecule has 0 N–H and O–H groups in total. The van der Waals surface area contributed by atoms with Crippen molar-refractivity contribution in [3.05, 3.63) is 0 Å². The van der Waals surface area contributed by atoms with E-state index in [1.54, 1.807) is 6.92 Å². The van der Waals surface area contributed by atoms with Crippen LogP contribution in [-0.2, 0) is 4.79 Å². The van der Waals surface area contributed by atoms with E-state index in [4.69, 9.17) is 0 Å². The molecule has 0 bridgehead atoms. The zero-order chi connectivity index (χ0) is 7.56. The lowest BCUT2D eigenvalue weighted by Gasteiger charge is -2.26. The average molecular weight is 140 g/mol. The predicted octanol–water partition coefficient (Wildman–Crippen LogP) is 2.40. The standard InChI is InChI=1S/C9H16O/c1-7-5-3-4-6-9(7)8(2)10/h7,9H,3-6H2,1-2H3/t7-,9?/m0/s1. The summed E-state index contributed by atoms with van der Waals surface area (Å²) in [6, 6.07) is 0. The van der Waals surface area contributed by atoms with Gasteiger partial charge in [-0.15, -0.1) is 0 Å². The summed E-state index contributed by atoms with van der Waals surface area (Å²) in [6.07, 6.45) is 4.97. The molecule has 0 aromatic carbocycles. The molecule has 0 aromatic rings. The van der Waals surface area contributed by atoms with Crippen molar-refractivity contribution in [1.82, 2.24) is 0 Å². The van der Waals surface area contributed by atoms with Gasteiger partial charge in [0.2, 0.25) is 0 Å². The summed E-state index contributed by atoms with van der Waals surface area (Å²) in [6.45, 7) is 3.93. The lowest BCUT2D eigenvalue weighted by Crippen LogP contribution is -2.22. The van der Waals surface area contributed by atoms with Crippen molar-refractivity contribution < 1.29 is 4.79 Å². The lowest BCUT2D eigenvalue weighted by atomic mass is 9.78. The molecule has 1 aliphatic carbocycles. The van der Waals surface area contributed by atoms with Gasteiger partial charge in [-0.25, -0.2) is 0 Å². The van der Waals surface area contributed by atoms with Gasteiger partial charge in [-0.05, 0) is 19.3 Å². The molecule has 0 aromatic heterocycles. The van der Waals surface area contributed by atoms with Gasteiger partial charge in [0, 0.05) is 5.92 Å². The van der Waals surface area contributed by atoms with E-state index in [1.165, 1.54) is 19.3 Å². The van der Waals surface area contributed by atoms with Crippen molar-refractivity contribution in [2.75, 3.05) is 0 Å². The van der Waals surface area contributed by atoms with E-state index in [0.717, 1.165) is 6.42 Å². The van der Waals surface area contributed by atoms with Crippen LogP contribution in [0.1, 0.15) is 39.5 Å². The minimum Gasteiger partial charge on any atom is -0.300 e. The highest BCUT2D eigenvalue weighted by atomic mass is 16.1. The van der Waals surface area contributed by atoms with E-state index < -0.39 is 0 Å². The SMILES string of the molecule is CC(=O)C1CCCC[C@@H]1C. The second-order valence-corrected chi connectivity index (χ2v) is 3.48. The first-order chi connectivity index (χ1) is 4.72. The number of hydrogen-bond acceptors (Lipinski definition) is 1. The first-order valence-electron chi connectivity index (χ1n) is 4.22. The highest BCUT2D eigenvalue weighted by molar-refractivity contribution is 5.78. The maximum absolute atomic E-state index is 11.0. The van der Waals surface area contributed by atoms with Crippen LogP contribution in [0.4, 0.5) is 0 Å². The Morgan fingerprint density at radius 3 is 2.30 bits per heavy atom. The molecule has 2 atom stereocenters. The molecule has 10 heavy (non-hydrogen) atoms. The van der Waals surface area contributed by atoms with Crippen LogP contribution >= 0.6 is 0 Å². The Labute approximate surface area is 62.8 Å². The molecule has 0 aliphatic heterocycles. The second-order valence-electron chi connectivity index (χ2n) is 3.48. The molecule has 1 rings (SSSR count). The maximum Gasteiger partial charge on any atom is 0.133 e. The quantitative estimate of drug-likeness (QED) is 0.546. The number of ketones is 1.